The Labute approximate surface area is 133 Å². The van der Waals surface area contributed by atoms with Gasteiger partial charge in [0.2, 0.25) is 0 Å². The first-order chi connectivity index (χ1) is 11.0. The van der Waals surface area contributed by atoms with Crippen LogP contribution in [0, 0.1) is 12.7 Å². The third-order valence-corrected chi connectivity index (χ3v) is 3.63. The number of para-hydroxylation sites is 1. The van der Waals surface area contributed by atoms with Crippen LogP contribution in [0.3, 0.4) is 0 Å². The number of amides is 1. The summed E-state index contributed by atoms with van der Waals surface area (Å²) in [6.45, 7) is 3.56. The van der Waals surface area contributed by atoms with Crippen LogP contribution < -0.4 is 5.32 Å². The Balaban J connectivity index is 1.92. The van der Waals surface area contributed by atoms with E-state index in [-0.39, 0.29) is 17.8 Å². The van der Waals surface area contributed by atoms with Crippen LogP contribution in [0.1, 0.15) is 34.8 Å². The van der Waals surface area contributed by atoms with Gasteiger partial charge in [0.05, 0.1) is 11.6 Å². The molecule has 0 saturated carbocycles. The Morgan fingerprint density at radius 1 is 1.13 bits per heavy atom. The molecule has 23 heavy (non-hydrogen) atoms. The van der Waals surface area contributed by atoms with Crippen LogP contribution in [0.15, 0.2) is 48.5 Å². The summed E-state index contributed by atoms with van der Waals surface area (Å²) in [5.74, 6) is -0.0948. The molecule has 1 N–H and O–H groups in total. The fraction of sp³-hybridized carbons (Fsp3) is 0.167. The van der Waals surface area contributed by atoms with E-state index in [1.165, 1.54) is 12.1 Å². The average Bonchev–Trinajstić information content (AvgIpc) is 2.53. The summed E-state index contributed by atoms with van der Waals surface area (Å²) in [6, 6.07) is 13.2. The van der Waals surface area contributed by atoms with E-state index in [0.717, 1.165) is 5.52 Å². The van der Waals surface area contributed by atoms with E-state index in [2.05, 4.69) is 15.3 Å². The molecule has 0 aliphatic heterocycles. The van der Waals surface area contributed by atoms with Gasteiger partial charge in [-0.15, -0.1) is 0 Å². The van der Waals surface area contributed by atoms with Crippen molar-refractivity contribution in [1.82, 2.24) is 15.3 Å². The van der Waals surface area contributed by atoms with Crippen molar-refractivity contribution in [1.29, 1.82) is 0 Å². The Kier molecular flexibility index (Phi) is 4.02. The minimum absolute atomic E-state index is 0.302. The molecule has 0 fully saturated rings. The van der Waals surface area contributed by atoms with Crippen molar-refractivity contribution in [2.24, 2.45) is 0 Å². The largest absolute Gasteiger partial charge is 0.344 e. The van der Waals surface area contributed by atoms with Crippen LogP contribution in [-0.4, -0.2) is 15.9 Å². The highest BCUT2D eigenvalue weighted by Gasteiger charge is 2.16. The van der Waals surface area contributed by atoms with Gasteiger partial charge in [0, 0.05) is 5.39 Å². The number of benzene rings is 2. The number of carbonyl (C=O) groups excluding carboxylic acids is 1. The van der Waals surface area contributed by atoms with Crippen LogP contribution in [0.2, 0.25) is 0 Å². The highest BCUT2D eigenvalue weighted by Crippen LogP contribution is 2.18. The standard InChI is InChI=1S/C18H16FN3O/c1-11(13-6-5-7-14(19)10-13)20-18(23)17-15-8-3-4-9-16(15)21-12(2)22-17/h3-11H,1-2H3,(H,20,23). The van der Waals surface area contributed by atoms with E-state index in [1.54, 1.807) is 19.1 Å². The van der Waals surface area contributed by atoms with Crippen LogP contribution in [-0.2, 0) is 0 Å². The molecule has 0 spiro atoms. The van der Waals surface area contributed by atoms with Crippen LogP contribution in [0.4, 0.5) is 4.39 Å². The van der Waals surface area contributed by atoms with E-state index in [1.807, 2.05) is 31.2 Å². The Hall–Kier alpha value is -2.82. The number of carbonyl (C=O) groups is 1. The number of fused-ring (bicyclic) bond motifs is 1. The molecule has 5 heteroatoms. The van der Waals surface area contributed by atoms with Gasteiger partial charge < -0.3 is 5.32 Å². The average molecular weight is 309 g/mol. The first-order valence-electron chi connectivity index (χ1n) is 7.34. The monoisotopic (exact) mass is 309 g/mol. The SMILES string of the molecule is Cc1nc(C(=O)NC(C)c2cccc(F)c2)c2ccccc2n1. The third-order valence-electron chi connectivity index (χ3n) is 3.63. The minimum atomic E-state index is -0.327. The summed E-state index contributed by atoms with van der Waals surface area (Å²) in [7, 11) is 0. The second-order valence-corrected chi connectivity index (χ2v) is 5.39. The second kappa shape index (κ2) is 6.12. The van der Waals surface area contributed by atoms with Gasteiger partial charge in [0.25, 0.3) is 5.91 Å². The molecule has 1 aromatic heterocycles. The predicted molar refractivity (Wildman–Crippen MR) is 86.6 cm³/mol. The van der Waals surface area contributed by atoms with Gasteiger partial charge in [-0.1, -0.05) is 30.3 Å². The fourth-order valence-electron chi connectivity index (χ4n) is 2.49. The molecule has 1 atom stereocenters. The second-order valence-electron chi connectivity index (χ2n) is 5.39. The van der Waals surface area contributed by atoms with Crippen molar-refractivity contribution in [2.75, 3.05) is 0 Å². The number of rotatable bonds is 3. The smallest absolute Gasteiger partial charge is 0.271 e. The molecule has 3 rings (SSSR count). The van der Waals surface area contributed by atoms with Gasteiger partial charge in [-0.2, -0.15) is 0 Å². The Bertz CT molecular complexity index is 879. The van der Waals surface area contributed by atoms with Gasteiger partial charge in [-0.05, 0) is 37.6 Å². The summed E-state index contributed by atoms with van der Waals surface area (Å²) in [4.78, 5) is 21.2. The van der Waals surface area contributed by atoms with E-state index in [9.17, 15) is 9.18 Å². The normalized spacial score (nSPS) is 12.1. The van der Waals surface area contributed by atoms with E-state index in [0.29, 0.717) is 22.5 Å². The lowest BCUT2D eigenvalue weighted by molar-refractivity contribution is 0.0936. The van der Waals surface area contributed by atoms with Gasteiger partial charge in [-0.3, -0.25) is 4.79 Å². The number of aromatic nitrogens is 2. The predicted octanol–water partition coefficient (Wildman–Crippen LogP) is 3.57. The summed E-state index contributed by atoms with van der Waals surface area (Å²) in [5.41, 5.74) is 1.76. The molecule has 1 unspecified atom stereocenters. The molecule has 0 aliphatic rings. The molecule has 0 aliphatic carbocycles. The van der Waals surface area contributed by atoms with Crippen molar-refractivity contribution < 1.29 is 9.18 Å². The maximum absolute atomic E-state index is 13.3. The summed E-state index contributed by atoms with van der Waals surface area (Å²) < 4.78 is 13.3. The first kappa shape index (κ1) is 15.1. The quantitative estimate of drug-likeness (QED) is 0.804. The van der Waals surface area contributed by atoms with Crippen LogP contribution >= 0.6 is 0 Å². The molecular formula is C18H16FN3O. The topological polar surface area (TPSA) is 54.9 Å². The number of hydrogen-bond acceptors (Lipinski definition) is 3. The third kappa shape index (κ3) is 3.18. The summed E-state index contributed by atoms with van der Waals surface area (Å²) in [5, 5.41) is 3.56. The van der Waals surface area contributed by atoms with E-state index < -0.39 is 0 Å². The molecular weight excluding hydrogens is 293 g/mol. The molecule has 0 saturated heterocycles. The van der Waals surface area contributed by atoms with Crippen molar-refractivity contribution in [3.63, 3.8) is 0 Å². The number of aryl methyl sites for hydroxylation is 1. The molecule has 0 radical (unpaired) electrons. The van der Waals surface area contributed by atoms with Gasteiger partial charge >= 0.3 is 0 Å². The molecule has 116 valence electrons. The van der Waals surface area contributed by atoms with Crippen LogP contribution in [0.5, 0.6) is 0 Å². The lowest BCUT2D eigenvalue weighted by Gasteiger charge is -2.15. The number of hydrogen-bond donors (Lipinski definition) is 1. The van der Waals surface area contributed by atoms with Gasteiger partial charge in [-0.25, -0.2) is 14.4 Å². The highest BCUT2D eigenvalue weighted by atomic mass is 19.1. The van der Waals surface area contributed by atoms with Crippen molar-refractivity contribution in [3.05, 3.63) is 71.4 Å². The molecule has 2 aromatic carbocycles. The molecule has 3 aromatic rings. The maximum atomic E-state index is 13.3. The van der Waals surface area contributed by atoms with E-state index in [4.69, 9.17) is 0 Å². The van der Waals surface area contributed by atoms with Gasteiger partial charge in [0.1, 0.15) is 17.3 Å². The first-order valence-corrected chi connectivity index (χ1v) is 7.34. The molecule has 1 amide bonds. The lowest BCUT2D eigenvalue weighted by Crippen LogP contribution is -2.28. The van der Waals surface area contributed by atoms with Crippen molar-refractivity contribution in [2.45, 2.75) is 19.9 Å². The maximum Gasteiger partial charge on any atom is 0.271 e. The Morgan fingerprint density at radius 3 is 2.70 bits per heavy atom. The zero-order valence-corrected chi connectivity index (χ0v) is 12.9. The number of nitrogens with one attached hydrogen (secondary N) is 1. The molecule has 4 nitrogen and oxygen atoms in total. The van der Waals surface area contributed by atoms with Crippen molar-refractivity contribution >= 4 is 16.8 Å². The molecule has 1 heterocycles. The summed E-state index contributed by atoms with van der Waals surface area (Å²) >= 11 is 0. The zero-order chi connectivity index (χ0) is 16.4. The fourth-order valence-corrected chi connectivity index (χ4v) is 2.49. The van der Waals surface area contributed by atoms with Gasteiger partial charge in [0.15, 0.2) is 0 Å². The summed E-state index contributed by atoms with van der Waals surface area (Å²) in [6.07, 6.45) is 0. The minimum Gasteiger partial charge on any atom is -0.344 e. The van der Waals surface area contributed by atoms with E-state index >= 15 is 0 Å². The number of halogens is 1. The van der Waals surface area contributed by atoms with Crippen molar-refractivity contribution in [3.8, 4) is 0 Å². The number of nitrogens with zero attached hydrogens (tertiary/aromatic N) is 2. The van der Waals surface area contributed by atoms with Crippen LogP contribution in [0.25, 0.3) is 10.9 Å². The molecule has 0 bridgehead atoms. The lowest BCUT2D eigenvalue weighted by atomic mass is 10.1. The Morgan fingerprint density at radius 2 is 1.91 bits per heavy atom. The zero-order valence-electron chi connectivity index (χ0n) is 12.9. The highest BCUT2D eigenvalue weighted by molar-refractivity contribution is 6.04.